The van der Waals surface area contributed by atoms with Crippen molar-refractivity contribution in [1.29, 1.82) is 0 Å². The lowest BCUT2D eigenvalue weighted by molar-refractivity contribution is -0.148. The maximum Gasteiger partial charge on any atom is 0.308 e. The third-order valence-electron chi connectivity index (χ3n) is 9.53. The lowest BCUT2D eigenvalue weighted by Gasteiger charge is -2.63. The molecule has 4 aliphatic rings. The number of esters is 1. The van der Waals surface area contributed by atoms with Crippen molar-refractivity contribution >= 4 is 33.5 Å². The van der Waals surface area contributed by atoms with Gasteiger partial charge in [0.1, 0.15) is 5.78 Å². The summed E-state index contributed by atoms with van der Waals surface area (Å²) in [6.07, 6.45) is 8.59. The molecule has 0 spiro atoms. The molecule has 3 saturated carbocycles. The highest BCUT2D eigenvalue weighted by molar-refractivity contribution is 9.10. The molecular formula is C27H37BrO5. The Morgan fingerprint density at radius 3 is 2.58 bits per heavy atom. The first-order chi connectivity index (χ1) is 15.3. The summed E-state index contributed by atoms with van der Waals surface area (Å²) in [6, 6.07) is 0. The average Bonchev–Trinajstić information content (AvgIpc) is 3.02. The zero-order chi connectivity index (χ0) is 24.3. The van der Waals surface area contributed by atoms with Gasteiger partial charge < -0.3 is 9.84 Å². The summed E-state index contributed by atoms with van der Waals surface area (Å²) < 4.78 is 5.38. The highest BCUT2D eigenvalue weighted by Gasteiger charge is 2.67. The minimum Gasteiger partial charge on any atom is -0.465 e. The molecule has 0 bridgehead atoms. The molecular weight excluding hydrogens is 484 g/mol. The smallest absolute Gasteiger partial charge is 0.308 e. The molecule has 182 valence electrons. The molecule has 0 aliphatic heterocycles. The molecule has 9 atom stereocenters. The third-order valence-corrected chi connectivity index (χ3v) is 11.3. The van der Waals surface area contributed by atoms with Crippen LogP contribution in [-0.2, 0) is 19.1 Å². The number of hydrogen-bond donors (Lipinski definition) is 1. The number of hydrogen-bond acceptors (Lipinski definition) is 5. The molecule has 5 nitrogen and oxygen atoms in total. The predicted octanol–water partition coefficient (Wildman–Crippen LogP) is 4.80. The van der Waals surface area contributed by atoms with E-state index in [9.17, 15) is 19.5 Å². The van der Waals surface area contributed by atoms with Crippen LogP contribution in [0.1, 0.15) is 66.7 Å². The fourth-order valence-electron chi connectivity index (χ4n) is 8.11. The molecule has 1 unspecified atom stereocenters. The molecule has 0 aromatic carbocycles. The molecule has 0 aromatic rings. The molecule has 0 heterocycles. The monoisotopic (exact) mass is 520 g/mol. The molecule has 3 fully saturated rings. The number of carbonyl (C=O) groups excluding carboxylic acids is 3. The van der Waals surface area contributed by atoms with E-state index in [0.717, 1.165) is 25.7 Å². The van der Waals surface area contributed by atoms with Gasteiger partial charge in [0, 0.05) is 21.6 Å². The molecule has 0 radical (unpaired) electrons. The number of aliphatic hydroxyl groups is 1. The summed E-state index contributed by atoms with van der Waals surface area (Å²) in [5.41, 5.74) is 0.843. The number of Topliss-reactive ketones (excluding diaryl/α,β-unsaturated/α-hetero) is 1. The summed E-state index contributed by atoms with van der Waals surface area (Å²) in [5, 5.41) is 9.49. The van der Waals surface area contributed by atoms with Crippen molar-refractivity contribution < 1.29 is 24.2 Å². The van der Waals surface area contributed by atoms with E-state index in [2.05, 4.69) is 42.8 Å². The van der Waals surface area contributed by atoms with Gasteiger partial charge in [-0.3, -0.25) is 14.4 Å². The zero-order valence-corrected chi connectivity index (χ0v) is 22.0. The quantitative estimate of drug-likeness (QED) is 0.415. The van der Waals surface area contributed by atoms with Crippen LogP contribution in [0.5, 0.6) is 0 Å². The number of carbonyl (C=O) groups is 3. The maximum atomic E-state index is 12.9. The normalized spacial score (nSPS) is 44.9. The number of ether oxygens (including phenoxy) is 1. The number of allylic oxidation sites excluding steroid dienone is 4. The lowest BCUT2D eigenvalue weighted by Crippen LogP contribution is -2.60. The second-order valence-electron chi connectivity index (χ2n) is 11.6. The number of halogens is 1. The first-order valence-electron chi connectivity index (χ1n) is 12.3. The van der Waals surface area contributed by atoms with Crippen LogP contribution in [0.4, 0.5) is 0 Å². The van der Waals surface area contributed by atoms with Crippen molar-refractivity contribution in [2.24, 2.45) is 40.4 Å². The largest absolute Gasteiger partial charge is 0.465 e. The third kappa shape index (κ3) is 3.80. The van der Waals surface area contributed by atoms with Gasteiger partial charge in [0.2, 0.25) is 0 Å². The summed E-state index contributed by atoms with van der Waals surface area (Å²) >= 11 is 4.24. The van der Waals surface area contributed by atoms with Gasteiger partial charge in [-0.2, -0.15) is 0 Å². The van der Waals surface area contributed by atoms with Gasteiger partial charge in [0.05, 0.1) is 19.1 Å². The lowest BCUT2D eigenvalue weighted by atomic mass is 9.46. The van der Waals surface area contributed by atoms with Crippen molar-refractivity contribution in [2.75, 3.05) is 6.61 Å². The van der Waals surface area contributed by atoms with Crippen LogP contribution in [0.15, 0.2) is 23.8 Å². The van der Waals surface area contributed by atoms with Gasteiger partial charge in [-0.15, -0.1) is 0 Å². The number of ketones is 2. The Hall–Kier alpha value is -1.27. The van der Waals surface area contributed by atoms with Crippen LogP contribution in [-0.4, -0.2) is 39.7 Å². The Balaban J connectivity index is 1.65. The highest BCUT2D eigenvalue weighted by atomic mass is 79.9. The van der Waals surface area contributed by atoms with E-state index in [-0.39, 0.29) is 51.6 Å². The Morgan fingerprint density at radius 1 is 1.24 bits per heavy atom. The molecule has 4 rings (SSSR count). The van der Waals surface area contributed by atoms with Gasteiger partial charge >= 0.3 is 5.97 Å². The van der Waals surface area contributed by atoms with Crippen LogP contribution < -0.4 is 0 Å². The second kappa shape index (κ2) is 8.44. The minimum absolute atomic E-state index is 0.00572. The number of alkyl halides is 1. The van der Waals surface area contributed by atoms with Gasteiger partial charge in [-0.1, -0.05) is 48.4 Å². The van der Waals surface area contributed by atoms with Gasteiger partial charge in [0.25, 0.3) is 0 Å². The first kappa shape index (κ1) is 24.8. The molecule has 6 heteroatoms. The predicted molar refractivity (Wildman–Crippen MR) is 130 cm³/mol. The standard InChI is InChI=1S/C27H37BrO5/c1-15-10-22-21-12-18(14-33-23(32)11-16(2)29)24(17(3)30)25(21,4)8-9-27(22,28)26(5)7-6-19(31)13-20(15)26/h6-7,13,15-16,18,21-22,24,29H,8-12,14H2,1-5H3/t15-,16?,18+,21-,22-,24-,25-,26-,27+/m0/s1. The van der Waals surface area contributed by atoms with Crippen LogP contribution >= 0.6 is 15.9 Å². The van der Waals surface area contributed by atoms with E-state index in [0.29, 0.717) is 17.8 Å². The molecule has 33 heavy (non-hydrogen) atoms. The summed E-state index contributed by atoms with van der Waals surface area (Å²) in [7, 11) is 0. The van der Waals surface area contributed by atoms with E-state index in [4.69, 9.17) is 4.74 Å². The van der Waals surface area contributed by atoms with E-state index < -0.39 is 12.1 Å². The SMILES string of the molecule is CC(=O)[C@H]1[C@@H](COC(=O)CC(C)O)C[C@H]2[C@@H]3C[C@H](C)C4=CC(=O)C=C[C@]4(C)[C@@]3(Br)CC[C@@]21C. The Bertz CT molecular complexity index is 921. The fourth-order valence-corrected chi connectivity index (χ4v) is 9.18. The number of rotatable bonds is 5. The van der Waals surface area contributed by atoms with Crippen LogP contribution in [0.25, 0.3) is 0 Å². The summed E-state index contributed by atoms with van der Waals surface area (Å²) in [5.74, 6) is 0.668. The van der Waals surface area contributed by atoms with Gasteiger partial charge in [-0.25, -0.2) is 0 Å². The Morgan fingerprint density at radius 2 is 1.94 bits per heavy atom. The van der Waals surface area contributed by atoms with E-state index >= 15 is 0 Å². The molecule has 1 N–H and O–H groups in total. The fraction of sp³-hybridized carbons (Fsp3) is 0.741. The van der Waals surface area contributed by atoms with E-state index in [1.807, 2.05) is 6.08 Å². The average molecular weight is 521 g/mol. The summed E-state index contributed by atoms with van der Waals surface area (Å²) in [4.78, 5) is 37.2. The van der Waals surface area contributed by atoms with Crippen molar-refractivity contribution in [2.45, 2.75) is 77.2 Å². The van der Waals surface area contributed by atoms with Crippen LogP contribution in [0.2, 0.25) is 0 Å². The Labute approximate surface area is 205 Å². The van der Waals surface area contributed by atoms with Crippen LogP contribution in [0.3, 0.4) is 0 Å². The van der Waals surface area contributed by atoms with Gasteiger partial charge in [-0.05, 0) is 74.9 Å². The van der Waals surface area contributed by atoms with Crippen molar-refractivity contribution in [1.82, 2.24) is 0 Å². The second-order valence-corrected chi connectivity index (χ2v) is 13.0. The molecule has 0 saturated heterocycles. The molecule has 0 amide bonds. The topological polar surface area (TPSA) is 80.7 Å². The number of aliphatic hydroxyl groups excluding tert-OH is 1. The maximum absolute atomic E-state index is 12.9. The minimum atomic E-state index is -0.735. The van der Waals surface area contributed by atoms with Crippen molar-refractivity contribution in [3.8, 4) is 0 Å². The Kier molecular flexibility index (Phi) is 6.35. The van der Waals surface area contributed by atoms with Crippen LogP contribution in [0, 0.1) is 40.4 Å². The summed E-state index contributed by atoms with van der Waals surface area (Å²) in [6.45, 7) is 10.2. The van der Waals surface area contributed by atoms with E-state index in [1.54, 1.807) is 19.9 Å². The molecule has 4 aliphatic carbocycles. The zero-order valence-electron chi connectivity index (χ0n) is 20.4. The van der Waals surface area contributed by atoms with Gasteiger partial charge in [0.15, 0.2) is 5.78 Å². The van der Waals surface area contributed by atoms with Crippen molar-refractivity contribution in [3.05, 3.63) is 23.8 Å². The molecule has 0 aromatic heterocycles. The highest BCUT2D eigenvalue weighted by Crippen LogP contribution is 2.71. The van der Waals surface area contributed by atoms with Crippen molar-refractivity contribution in [3.63, 3.8) is 0 Å². The van der Waals surface area contributed by atoms with E-state index in [1.165, 1.54) is 5.57 Å². The first-order valence-corrected chi connectivity index (χ1v) is 13.1. The number of fused-ring (bicyclic) bond motifs is 5.